The zero-order valence-corrected chi connectivity index (χ0v) is 10.7. The van der Waals surface area contributed by atoms with Crippen LogP contribution in [0.4, 0.5) is 0 Å². The second-order valence-corrected chi connectivity index (χ2v) is 5.34. The molecule has 1 aliphatic heterocycles. The van der Waals surface area contributed by atoms with Gasteiger partial charge in [0, 0.05) is 31.1 Å². The number of rotatable bonds is 4. The van der Waals surface area contributed by atoms with E-state index in [9.17, 15) is 0 Å². The first-order valence-electron chi connectivity index (χ1n) is 5.65. The fraction of sp³-hybridized carbons (Fsp3) is 0.727. The molecule has 0 aromatic carbocycles. The van der Waals surface area contributed by atoms with Gasteiger partial charge >= 0.3 is 0 Å². The quantitative estimate of drug-likeness (QED) is 0.849. The average Bonchev–Trinajstić information content (AvgIpc) is 2.65. The summed E-state index contributed by atoms with van der Waals surface area (Å²) in [6.07, 6.45) is 0. The third-order valence-corrected chi connectivity index (χ3v) is 3.45. The lowest BCUT2D eigenvalue weighted by atomic mass is 10.2. The lowest BCUT2D eigenvalue weighted by Gasteiger charge is -2.27. The number of morpholine rings is 1. The molecule has 0 radical (unpaired) electrons. The summed E-state index contributed by atoms with van der Waals surface area (Å²) in [7, 11) is 2.13. The van der Waals surface area contributed by atoms with Crippen molar-refractivity contribution < 1.29 is 4.74 Å². The Morgan fingerprint density at radius 2 is 2.56 bits per heavy atom. The largest absolute Gasteiger partial charge is 0.378 e. The molecule has 1 unspecified atom stereocenters. The molecule has 2 rings (SSSR count). The second kappa shape index (κ2) is 5.72. The molecule has 1 aromatic rings. The summed E-state index contributed by atoms with van der Waals surface area (Å²) in [5.74, 6) is 0. The molecule has 5 heteroatoms. The Hall–Kier alpha value is -0.490. The Morgan fingerprint density at radius 3 is 3.19 bits per heavy atom. The van der Waals surface area contributed by atoms with E-state index in [1.165, 1.54) is 5.69 Å². The SMILES string of the molecule is Cc1nc(CN(C)CC2COCCN2)cs1. The summed E-state index contributed by atoms with van der Waals surface area (Å²) in [5.41, 5.74) is 1.17. The van der Waals surface area contributed by atoms with Crippen LogP contribution in [-0.2, 0) is 11.3 Å². The Bertz CT molecular complexity index is 323. The van der Waals surface area contributed by atoms with Crippen LogP contribution in [0.5, 0.6) is 0 Å². The zero-order valence-electron chi connectivity index (χ0n) is 9.90. The third kappa shape index (κ3) is 3.52. The molecule has 0 amide bonds. The highest BCUT2D eigenvalue weighted by Crippen LogP contribution is 2.10. The van der Waals surface area contributed by atoms with Crippen LogP contribution in [0.1, 0.15) is 10.7 Å². The first-order chi connectivity index (χ1) is 7.74. The molecule has 1 fully saturated rings. The molecule has 4 nitrogen and oxygen atoms in total. The van der Waals surface area contributed by atoms with E-state index in [4.69, 9.17) is 4.74 Å². The van der Waals surface area contributed by atoms with Gasteiger partial charge in [-0.25, -0.2) is 4.98 Å². The number of hydrogen-bond donors (Lipinski definition) is 1. The average molecular weight is 241 g/mol. The number of aryl methyl sites for hydroxylation is 1. The number of ether oxygens (including phenoxy) is 1. The van der Waals surface area contributed by atoms with Crippen molar-refractivity contribution in [1.82, 2.24) is 15.2 Å². The van der Waals surface area contributed by atoms with Gasteiger partial charge in [0.05, 0.1) is 23.9 Å². The molecule has 1 aliphatic rings. The topological polar surface area (TPSA) is 37.4 Å². The zero-order chi connectivity index (χ0) is 11.4. The maximum atomic E-state index is 5.43. The van der Waals surface area contributed by atoms with E-state index in [0.717, 1.165) is 37.9 Å². The normalized spacial score (nSPS) is 21.6. The van der Waals surface area contributed by atoms with Crippen molar-refractivity contribution in [1.29, 1.82) is 0 Å². The molecule has 16 heavy (non-hydrogen) atoms. The van der Waals surface area contributed by atoms with E-state index < -0.39 is 0 Å². The third-order valence-electron chi connectivity index (χ3n) is 2.63. The number of nitrogens with one attached hydrogen (secondary N) is 1. The van der Waals surface area contributed by atoms with Crippen LogP contribution in [0, 0.1) is 6.92 Å². The van der Waals surface area contributed by atoms with Gasteiger partial charge in [-0.2, -0.15) is 0 Å². The number of nitrogens with zero attached hydrogens (tertiary/aromatic N) is 2. The van der Waals surface area contributed by atoms with Crippen LogP contribution in [0.3, 0.4) is 0 Å². The van der Waals surface area contributed by atoms with Crippen LogP contribution in [0.25, 0.3) is 0 Å². The minimum atomic E-state index is 0.457. The smallest absolute Gasteiger partial charge is 0.0897 e. The van der Waals surface area contributed by atoms with Gasteiger partial charge in [0.25, 0.3) is 0 Å². The standard InChI is InChI=1S/C11H19N3OS/c1-9-13-11(8-16-9)6-14(2)5-10-7-15-4-3-12-10/h8,10,12H,3-7H2,1-2H3. The summed E-state index contributed by atoms with van der Waals surface area (Å²) in [6.45, 7) is 6.60. The Morgan fingerprint density at radius 1 is 1.69 bits per heavy atom. The van der Waals surface area contributed by atoms with Crippen LogP contribution in [0.2, 0.25) is 0 Å². The van der Waals surface area contributed by atoms with Gasteiger partial charge in [-0.3, -0.25) is 4.90 Å². The van der Waals surface area contributed by atoms with Gasteiger partial charge in [-0.15, -0.1) is 11.3 Å². The molecular weight excluding hydrogens is 222 g/mol. The molecule has 0 bridgehead atoms. The minimum Gasteiger partial charge on any atom is -0.378 e. The molecular formula is C11H19N3OS. The van der Waals surface area contributed by atoms with Gasteiger partial charge in [0.1, 0.15) is 0 Å². The van der Waals surface area contributed by atoms with Crippen LogP contribution >= 0.6 is 11.3 Å². The molecule has 1 N–H and O–H groups in total. The highest BCUT2D eigenvalue weighted by molar-refractivity contribution is 7.09. The van der Waals surface area contributed by atoms with Crippen molar-refractivity contribution in [3.8, 4) is 0 Å². The van der Waals surface area contributed by atoms with Crippen molar-refractivity contribution in [3.63, 3.8) is 0 Å². The summed E-state index contributed by atoms with van der Waals surface area (Å²) in [4.78, 5) is 6.76. The maximum absolute atomic E-state index is 5.43. The van der Waals surface area contributed by atoms with Crippen LogP contribution < -0.4 is 5.32 Å². The van der Waals surface area contributed by atoms with E-state index in [0.29, 0.717) is 6.04 Å². The van der Waals surface area contributed by atoms with Crippen molar-refractivity contribution in [2.24, 2.45) is 0 Å². The predicted molar refractivity (Wildman–Crippen MR) is 65.8 cm³/mol. The molecule has 2 heterocycles. The maximum Gasteiger partial charge on any atom is 0.0897 e. The highest BCUT2D eigenvalue weighted by Gasteiger charge is 2.15. The monoisotopic (exact) mass is 241 g/mol. The van der Waals surface area contributed by atoms with Gasteiger partial charge < -0.3 is 10.1 Å². The van der Waals surface area contributed by atoms with Gasteiger partial charge in [0.2, 0.25) is 0 Å². The number of aromatic nitrogens is 1. The molecule has 0 spiro atoms. The summed E-state index contributed by atoms with van der Waals surface area (Å²) < 4.78 is 5.43. The molecule has 1 atom stereocenters. The molecule has 1 saturated heterocycles. The number of likely N-dealkylation sites (N-methyl/N-ethyl adjacent to an activating group) is 1. The fourth-order valence-electron chi connectivity index (χ4n) is 1.94. The van der Waals surface area contributed by atoms with Crippen LogP contribution in [-0.4, -0.2) is 49.3 Å². The number of thiazole rings is 1. The fourth-order valence-corrected chi connectivity index (χ4v) is 2.54. The van der Waals surface area contributed by atoms with Gasteiger partial charge in [0.15, 0.2) is 0 Å². The van der Waals surface area contributed by atoms with Crippen molar-refractivity contribution in [2.45, 2.75) is 19.5 Å². The minimum absolute atomic E-state index is 0.457. The van der Waals surface area contributed by atoms with E-state index >= 15 is 0 Å². The van der Waals surface area contributed by atoms with E-state index in [1.54, 1.807) is 11.3 Å². The molecule has 90 valence electrons. The Labute approximate surface area is 101 Å². The van der Waals surface area contributed by atoms with E-state index in [2.05, 4.69) is 27.6 Å². The first-order valence-corrected chi connectivity index (χ1v) is 6.52. The summed E-state index contributed by atoms with van der Waals surface area (Å²) in [6, 6.07) is 0.457. The Kier molecular flexibility index (Phi) is 4.29. The van der Waals surface area contributed by atoms with Crippen molar-refractivity contribution in [2.75, 3.05) is 33.4 Å². The lowest BCUT2D eigenvalue weighted by Crippen LogP contribution is -2.47. The molecule has 0 aliphatic carbocycles. The van der Waals surface area contributed by atoms with Gasteiger partial charge in [-0.05, 0) is 14.0 Å². The molecule has 1 aromatic heterocycles. The van der Waals surface area contributed by atoms with E-state index in [-0.39, 0.29) is 0 Å². The highest BCUT2D eigenvalue weighted by atomic mass is 32.1. The second-order valence-electron chi connectivity index (χ2n) is 4.28. The van der Waals surface area contributed by atoms with Crippen molar-refractivity contribution >= 4 is 11.3 Å². The Balaban J connectivity index is 1.77. The molecule has 0 saturated carbocycles. The first kappa shape index (κ1) is 12.0. The lowest BCUT2D eigenvalue weighted by molar-refractivity contribution is 0.0643. The summed E-state index contributed by atoms with van der Waals surface area (Å²) in [5, 5.41) is 6.73. The van der Waals surface area contributed by atoms with E-state index in [1.807, 2.05) is 6.92 Å². The van der Waals surface area contributed by atoms with Gasteiger partial charge in [-0.1, -0.05) is 0 Å². The van der Waals surface area contributed by atoms with Crippen LogP contribution in [0.15, 0.2) is 5.38 Å². The number of hydrogen-bond acceptors (Lipinski definition) is 5. The van der Waals surface area contributed by atoms with Crippen molar-refractivity contribution in [3.05, 3.63) is 16.1 Å². The predicted octanol–water partition coefficient (Wildman–Crippen LogP) is 0.872. The summed E-state index contributed by atoms with van der Waals surface area (Å²) >= 11 is 1.71.